The van der Waals surface area contributed by atoms with Crippen molar-refractivity contribution in [2.24, 2.45) is 5.73 Å². The normalized spacial score (nSPS) is 12.1. The molecule has 5 heteroatoms. The molecule has 0 spiro atoms. The summed E-state index contributed by atoms with van der Waals surface area (Å²) in [5.41, 5.74) is 6.24. The maximum Gasteiger partial charge on any atom is 0.320 e. The molecule has 0 fully saturated rings. The molecule has 1 aromatic carbocycles. The lowest BCUT2D eigenvalue weighted by Gasteiger charge is -2.08. The third kappa shape index (κ3) is 4.82. The summed E-state index contributed by atoms with van der Waals surface area (Å²) >= 11 is 0. The molecule has 0 heterocycles. The van der Waals surface area contributed by atoms with E-state index in [2.05, 4.69) is 0 Å². The molecule has 3 N–H and O–H groups in total. The van der Waals surface area contributed by atoms with Gasteiger partial charge >= 0.3 is 5.97 Å². The topological polar surface area (TPSA) is 72.5 Å². The van der Waals surface area contributed by atoms with Crippen LogP contribution in [0.1, 0.15) is 12.0 Å². The van der Waals surface area contributed by atoms with Crippen molar-refractivity contribution >= 4 is 5.97 Å². The van der Waals surface area contributed by atoms with Crippen LogP contribution in [0.2, 0.25) is 0 Å². The Morgan fingerprint density at radius 1 is 1.41 bits per heavy atom. The van der Waals surface area contributed by atoms with E-state index in [1.54, 1.807) is 24.3 Å². The first kappa shape index (κ1) is 13.4. The largest absolute Gasteiger partial charge is 0.494 e. The fourth-order valence-corrected chi connectivity index (χ4v) is 1.31. The minimum Gasteiger partial charge on any atom is -0.494 e. The number of carbonyl (C=O) groups is 1. The summed E-state index contributed by atoms with van der Waals surface area (Å²) in [7, 11) is 0. The fourth-order valence-electron chi connectivity index (χ4n) is 1.31. The number of hydrogen-bond donors (Lipinski definition) is 2. The summed E-state index contributed by atoms with van der Waals surface area (Å²) in [6.07, 6.45) is 0.645. The Morgan fingerprint density at radius 2 is 2.06 bits per heavy atom. The Labute approximate surface area is 99.2 Å². The van der Waals surface area contributed by atoms with E-state index in [1.807, 2.05) is 0 Å². The minimum atomic E-state index is -1.02. The highest BCUT2D eigenvalue weighted by Crippen LogP contribution is 2.13. The lowest BCUT2D eigenvalue weighted by Crippen LogP contribution is -2.32. The lowest BCUT2D eigenvalue weighted by molar-refractivity contribution is -0.138. The molecule has 0 aliphatic carbocycles. The van der Waals surface area contributed by atoms with E-state index in [0.717, 1.165) is 5.56 Å². The first-order valence-electron chi connectivity index (χ1n) is 5.39. The minimum absolute atomic E-state index is 0.278. The summed E-state index contributed by atoms with van der Waals surface area (Å²) in [4.78, 5) is 10.6. The van der Waals surface area contributed by atoms with Gasteiger partial charge in [0.1, 0.15) is 11.8 Å². The molecule has 1 aromatic rings. The zero-order valence-electron chi connectivity index (χ0n) is 9.43. The summed E-state index contributed by atoms with van der Waals surface area (Å²) in [5, 5.41) is 8.66. The van der Waals surface area contributed by atoms with Crippen molar-refractivity contribution in [2.75, 3.05) is 13.3 Å². The van der Waals surface area contributed by atoms with Gasteiger partial charge in [0.05, 0.1) is 13.3 Å². The van der Waals surface area contributed by atoms with E-state index in [4.69, 9.17) is 15.6 Å². The summed E-state index contributed by atoms with van der Waals surface area (Å²) in [6, 6.07) is 6.07. The van der Waals surface area contributed by atoms with Crippen molar-refractivity contribution in [3.63, 3.8) is 0 Å². The van der Waals surface area contributed by atoms with Gasteiger partial charge < -0.3 is 15.6 Å². The molecule has 0 saturated heterocycles. The molecule has 4 nitrogen and oxygen atoms in total. The average molecular weight is 241 g/mol. The van der Waals surface area contributed by atoms with Crippen LogP contribution in [0.5, 0.6) is 5.75 Å². The van der Waals surface area contributed by atoms with Gasteiger partial charge in [-0.05, 0) is 24.1 Å². The predicted octanol–water partition coefficient (Wildman–Crippen LogP) is 1.38. The van der Waals surface area contributed by atoms with Crippen molar-refractivity contribution < 1.29 is 19.0 Å². The highest BCUT2D eigenvalue weighted by Gasteiger charge is 2.11. The van der Waals surface area contributed by atoms with Crippen LogP contribution in [0.3, 0.4) is 0 Å². The van der Waals surface area contributed by atoms with Crippen LogP contribution >= 0.6 is 0 Å². The monoisotopic (exact) mass is 241 g/mol. The van der Waals surface area contributed by atoms with Gasteiger partial charge in [-0.25, -0.2) is 0 Å². The van der Waals surface area contributed by atoms with E-state index < -0.39 is 18.7 Å². The maximum absolute atomic E-state index is 11.8. The number of alkyl halides is 1. The summed E-state index contributed by atoms with van der Waals surface area (Å²) in [5.74, 6) is -0.376. The van der Waals surface area contributed by atoms with Crippen LogP contribution in [0.4, 0.5) is 4.39 Å². The Morgan fingerprint density at radius 3 is 2.59 bits per heavy atom. The van der Waals surface area contributed by atoms with Gasteiger partial charge in [0.15, 0.2) is 0 Å². The quantitative estimate of drug-likeness (QED) is 0.707. The molecule has 0 radical (unpaired) electrons. The van der Waals surface area contributed by atoms with Gasteiger partial charge in [0.2, 0.25) is 0 Å². The highest BCUT2D eigenvalue weighted by atomic mass is 19.1. The number of carboxylic acids is 1. The highest BCUT2D eigenvalue weighted by molar-refractivity contribution is 5.73. The Kier molecular flexibility index (Phi) is 5.42. The van der Waals surface area contributed by atoms with Crippen molar-refractivity contribution in [1.82, 2.24) is 0 Å². The standard InChI is InChI=1S/C12H16FNO3/c13-6-1-7-17-10-4-2-9(3-5-10)8-11(14)12(15)16/h2-5,11H,1,6-8,14H2,(H,15,16). The van der Waals surface area contributed by atoms with Gasteiger partial charge in [-0.2, -0.15) is 0 Å². The van der Waals surface area contributed by atoms with E-state index in [0.29, 0.717) is 18.8 Å². The van der Waals surface area contributed by atoms with Crippen molar-refractivity contribution in [1.29, 1.82) is 0 Å². The Bertz CT molecular complexity index is 353. The summed E-state index contributed by atoms with van der Waals surface area (Å²) < 4.78 is 17.1. The van der Waals surface area contributed by atoms with E-state index in [-0.39, 0.29) is 6.42 Å². The molecule has 0 amide bonds. The van der Waals surface area contributed by atoms with E-state index >= 15 is 0 Å². The van der Waals surface area contributed by atoms with Crippen molar-refractivity contribution in [3.05, 3.63) is 29.8 Å². The van der Waals surface area contributed by atoms with Gasteiger partial charge in [0.25, 0.3) is 0 Å². The molecular formula is C12H16FNO3. The van der Waals surface area contributed by atoms with E-state index in [1.165, 1.54) is 0 Å². The second-order valence-corrected chi connectivity index (χ2v) is 3.68. The Hall–Kier alpha value is -1.62. The number of benzene rings is 1. The molecule has 94 valence electrons. The summed E-state index contributed by atoms with van der Waals surface area (Å²) in [6.45, 7) is -0.0595. The lowest BCUT2D eigenvalue weighted by atomic mass is 10.1. The second-order valence-electron chi connectivity index (χ2n) is 3.68. The van der Waals surface area contributed by atoms with Gasteiger partial charge in [0, 0.05) is 6.42 Å². The Balaban J connectivity index is 2.47. The zero-order valence-corrected chi connectivity index (χ0v) is 9.43. The van der Waals surface area contributed by atoms with E-state index in [9.17, 15) is 9.18 Å². The second kappa shape index (κ2) is 6.85. The molecule has 0 aromatic heterocycles. The van der Waals surface area contributed by atoms with Crippen molar-refractivity contribution in [3.8, 4) is 5.75 Å². The third-order valence-corrected chi connectivity index (χ3v) is 2.24. The molecule has 0 saturated carbocycles. The maximum atomic E-state index is 11.8. The molecule has 1 unspecified atom stereocenters. The molecule has 17 heavy (non-hydrogen) atoms. The molecule has 1 rings (SSSR count). The van der Waals surface area contributed by atoms with Crippen molar-refractivity contribution in [2.45, 2.75) is 18.9 Å². The first-order valence-corrected chi connectivity index (χ1v) is 5.39. The van der Waals surface area contributed by atoms with Crippen LogP contribution in [-0.2, 0) is 11.2 Å². The number of halogens is 1. The first-order chi connectivity index (χ1) is 8.13. The number of ether oxygens (including phenoxy) is 1. The smallest absolute Gasteiger partial charge is 0.320 e. The van der Waals surface area contributed by atoms with Gasteiger partial charge in [-0.3, -0.25) is 9.18 Å². The average Bonchev–Trinajstić information content (AvgIpc) is 2.31. The third-order valence-electron chi connectivity index (χ3n) is 2.24. The molecule has 0 aliphatic rings. The van der Waals surface area contributed by atoms with Gasteiger partial charge in [-0.15, -0.1) is 0 Å². The van der Waals surface area contributed by atoms with Crippen LogP contribution in [-0.4, -0.2) is 30.4 Å². The number of hydrogen-bond acceptors (Lipinski definition) is 3. The molecular weight excluding hydrogens is 225 g/mol. The van der Waals surface area contributed by atoms with Crippen LogP contribution < -0.4 is 10.5 Å². The molecule has 0 bridgehead atoms. The number of nitrogens with two attached hydrogens (primary N) is 1. The van der Waals surface area contributed by atoms with Crippen LogP contribution in [0.25, 0.3) is 0 Å². The van der Waals surface area contributed by atoms with Crippen LogP contribution in [0, 0.1) is 0 Å². The SMILES string of the molecule is NC(Cc1ccc(OCCCF)cc1)C(=O)O. The predicted molar refractivity (Wildman–Crippen MR) is 61.8 cm³/mol. The molecule has 1 atom stereocenters. The fraction of sp³-hybridized carbons (Fsp3) is 0.417. The molecule has 0 aliphatic heterocycles. The zero-order chi connectivity index (χ0) is 12.7. The number of carboxylic acid groups (broad SMARTS) is 1. The number of rotatable bonds is 7. The van der Waals surface area contributed by atoms with Gasteiger partial charge in [-0.1, -0.05) is 12.1 Å². The van der Waals surface area contributed by atoms with Crippen LogP contribution in [0.15, 0.2) is 24.3 Å². The number of aliphatic carboxylic acids is 1.